The summed E-state index contributed by atoms with van der Waals surface area (Å²) in [7, 11) is -0.771. The van der Waals surface area contributed by atoms with Gasteiger partial charge in [0.2, 0.25) is 0 Å². The monoisotopic (exact) mass is 842 g/mol. The third kappa shape index (κ3) is 44.1. The van der Waals surface area contributed by atoms with Crippen LogP contribution in [-0.2, 0) is 32.7 Å². The number of likely N-dealkylation sites (N-methyl/N-ethyl adjacent to an activating group) is 1. The molecule has 10 heteroatoms. The number of carbonyl (C=O) groups is 2. The Bertz CT molecular complexity index is 1340. The summed E-state index contributed by atoms with van der Waals surface area (Å²) < 4.78 is 33.4. The number of esters is 2. The summed E-state index contributed by atoms with van der Waals surface area (Å²) in [4.78, 5) is 37.0. The van der Waals surface area contributed by atoms with Crippen LogP contribution in [-0.4, -0.2) is 68.3 Å². The number of ether oxygens (including phenoxy) is 2. The molecule has 0 heterocycles. The maximum absolute atomic E-state index is 12.7. The maximum atomic E-state index is 12.7. The Hall–Kier alpha value is -3.33. The Kier molecular flexibility index (Phi) is 40.4. The average Bonchev–Trinajstić information content (AvgIpc) is 3.20. The van der Waals surface area contributed by atoms with Crippen LogP contribution in [0.2, 0.25) is 0 Å². The third-order valence-electron chi connectivity index (χ3n) is 8.56. The van der Waals surface area contributed by atoms with Crippen molar-refractivity contribution in [2.45, 2.75) is 148 Å². The molecule has 334 valence electrons. The Morgan fingerprint density at radius 2 is 0.983 bits per heavy atom. The van der Waals surface area contributed by atoms with Gasteiger partial charge >= 0.3 is 19.8 Å². The summed E-state index contributed by atoms with van der Waals surface area (Å²) in [6.45, 7) is 4.05. The van der Waals surface area contributed by atoms with E-state index in [9.17, 15) is 19.0 Å². The highest BCUT2D eigenvalue weighted by Crippen LogP contribution is 2.43. The fourth-order valence-corrected chi connectivity index (χ4v) is 5.92. The lowest BCUT2D eigenvalue weighted by atomic mass is 10.1. The van der Waals surface area contributed by atoms with Gasteiger partial charge in [-0.1, -0.05) is 142 Å². The highest BCUT2D eigenvalue weighted by atomic mass is 31.2. The van der Waals surface area contributed by atoms with E-state index in [1.165, 1.54) is 25.7 Å². The quantitative estimate of drug-likeness (QED) is 0.0280. The fraction of sp³-hybridized carbons (Fsp3) is 0.592. The maximum Gasteiger partial charge on any atom is 0.472 e. The number of phosphoric acid groups is 1. The summed E-state index contributed by atoms with van der Waals surface area (Å²) in [5.74, 6) is -0.919. The predicted octanol–water partition coefficient (Wildman–Crippen LogP) is 13.0. The molecule has 59 heavy (non-hydrogen) atoms. The minimum absolute atomic E-state index is 0.0146. The molecule has 0 aromatic heterocycles. The van der Waals surface area contributed by atoms with Gasteiger partial charge in [0.25, 0.3) is 0 Å². The van der Waals surface area contributed by atoms with E-state index < -0.39 is 32.5 Å². The van der Waals surface area contributed by atoms with Crippen LogP contribution >= 0.6 is 7.82 Å². The van der Waals surface area contributed by atoms with E-state index in [-0.39, 0.29) is 26.1 Å². The van der Waals surface area contributed by atoms with Gasteiger partial charge in [0.05, 0.1) is 13.2 Å². The molecule has 0 bridgehead atoms. The van der Waals surface area contributed by atoms with Crippen molar-refractivity contribution < 1.29 is 37.6 Å². The first-order chi connectivity index (χ1) is 28.7. The molecule has 9 nitrogen and oxygen atoms in total. The molecular formula is C49H80NO8P. The van der Waals surface area contributed by atoms with Crippen LogP contribution in [0.15, 0.2) is 109 Å². The highest BCUT2D eigenvalue weighted by Gasteiger charge is 2.26. The van der Waals surface area contributed by atoms with Crippen LogP contribution in [0.4, 0.5) is 0 Å². The van der Waals surface area contributed by atoms with Gasteiger partial charge in [-0.15, -0.1) is 0 Å². The van der Waals surface area contributed by atoms with Crippen molar-refractivity contribution in [2.24, 2.45) is 0 Å². The van der Waals surface area contributed by atoms with Gasteiger partial charge in [-0.2, -0.15) is 0 Å². The summed E-state index contributed by atoms with van der Waals surface area (Å²) in [5, 5.41) is 0. The molecule has 0 fully saturated rings. The number of rotatable bonds is 39. The van der Waals surface area contributed by atoms with E-state index in [1.807, 2.05) is 20.2 Å². The Labute approximate surface area is 359 Å². The molecular weight excluding hydrogens is 762 g/mol. The molecule has 0 amide bonds. The molecule has 0 aromatic carbocycles. The van der Waals surface area contributed by atoms with Crippen molar-refractivity contribution in [3.63, 3.8) is 0 Å². The van der Waals surface area contributed by atoms with Crippen LogP contribution in [0.5, 0.6) is 0 Å². The topological polar surface area (TPSA) is 112 Å². The highest BCUT2D eigenvalue weighted by molar-refractivity contribution is 7.47. The Balaban J connectivity index is 4.47. The first-order valence-corrected chi connectivity index (χ1v) is 23.7. The number of carbonyl (C=O) groups excluding carboxylic acids is 2. The normalized spacial score (nSPS) is 14.4. The van der Waals surface area contributed by atoms with E-state index in [4.69, 9.17) is 18.5 Å². The molecule has 0 radical (unpaired) electrons. The second kappa shape index (κ2) is 42.8. The molecule has 0 aliphatic rings. The van der Waals surface area contributed by atoms with Crippen molar-refractivity contribution in [1.82, 2.24) is 4.90 Å². The fourth-order valence-electron chi connectivity index (χ4n) is 5.17. The molecule has 0 aliphatic carbocycles. The van der Waals surface area contributed by atoms with E-state index in [2.05, 4.69) is 117 Å². The van der Waals surface area contributed by atoms with Crippen LogP contribution in [0.3, 0.4) is 0 Å². The van der Waals surface area contributed by atoms with Gasteiger partial charge in [-0.3, -0.25) is 18.6 Å². The lowest BCUT2D eigenvalue weighted by Crippen LogP contribution is -2.29. The molecule has 1 N–H and O–H groups in total. The standard InChI is InChI=1S/C49H80NO8P/c1-5-7-9-11-13-15-17-19-21-23-24-26-28-30-32-34-36-38-40-42-49(52)58-47(46-57-59(53,54)56-44-43-50(3)4)45-55-48(51)41-39-37-35-33-31-29-27-25-22-20-18-16-14-12-10-8-6-2/h7,9,13-16,19-22,24,26-27,29-30,32-33,35,47H,5-6,8,10-12,17-18,23,25,28,31,34,36-46H2,1-4H3,(H,53,54)/b9-7-,15-13-,16-14-,21-19-,22-20-,26-24-,29-27-,32-30-,35-33-. The minimum Gasteiger partial charge on any atom is -0.462 e. The molecule has 0 saturated carbocycles. The summed E-state index contributed by atoms with van der Waals surface area (Å²) in [6.07, 6.45) is 55.7. The number of unbranched alkanes of at least 4 members (excludes halogenated alkanes) is 7. The Morgan fingerprint density at radius 1 is 0.542 bits per heavy atom. The van der Waals surface area contributed by atoms with Crippen molar-refractivity contribution in [2.75, 3.05) is 40.5 Å². The summed E-state index contributed by atoms with van der Waals surface area (Å²) in [6, 6.07) is 0. The van der Waals surface area contributed by atoms with Crippen molar-refractivity contribution in [1.29, 1.82) is 0 Å². The van der Waals surface area contributed by atoms with Gasteiger partial charge in [0, 0.05) is 19.4 Å². The van der Waals surface area contributed by atoms with Crippen LogP contribution in [0.1, 0.15) is 142 Å². The van der Waals surface area contributed by atoms with E-state index in [0.29, 0.717) is 19.4 Å². The average molecular weight is 842 g/mol. The first-order valence-electron chi connectivity index (χ1n) is 22.2. The molecule has 0 aliphatic heterocycles. The zero-order valence-corrected chi connectivity index (χ0v) is 38.0. The number of hydrogen-bond donors (Lipinski definition) is 1. The van der Waals surface area contributed by atoms with Crippen LogP contribution in [0, 0.1) is 0 Å². The molecule has 0 aromatic rings. The van der Waals surface area contributed by atoms with E-state index in [1.54, 1.807) is 4.90 Å². The van der Waals surface area contributed by atoms with E-state index in [0.717, 1.165) is 77.0 Å². The molecule has 2 atom stereocenters. The summed E-state index contributed by atoms with van der Waals surface area (Å²) >= 11 is 0. The largest absolute Gasteiger partial charge is 0.472 e. The number of phosphoric ester groups is 1. The van der Waals surface area contributed by atoms with Gasteiger partial charge in [0.1, 0.15) is 6.61 Å². The smallest absolute Gasteiger partial charge is 0.462 e. The number of hydrogen-bond acceptors (Lipinski definition) is 8. The molecule has 0 saturated heterocycles. The van der Waals surface area contributed by atoms with Gasteiger partial charge in [0.15, 0.2) is 6.10 Å². The second-order valence-corrected chi connectivity index (χ2v) is 15.9. The van der Waals surface area contributed by atoms with Crippen LogP contribution < -0.4 is 0 Å². The third-order valence-corrected chi connectivity index (χ3v) is 9.55. The lowest BCUT2D eigenvalue weighted by Gasteiger charge is -2.20. The van der Waals surface area contributed by atoms with Crippen molar-refractivity contribution in [3.05, 3.63) is 109 Å². The zero-order chi connectivity index (χ0) is 43.3. The van der Waals surface area contributed by atoms with Gasteiger partial charge < -0.3 is 19.3 Å². The van der Waals surface area contributed by atoms with Crippen LogP contribution in [0.25, 0.3) is 0 Å². The SMILES string of the molecule is CC/C=C\C/C=C\C/C=C\C/C=C\C/C=C\CCCCCC(=O)OC(COC(=O)CCC/C=C\C/C=C\C/C=C\C/C=C\CCCCC)COP(=O)(O)OCCN(C)C. The lowest BCUT2D eigenvalue weighted by molar-refractivity contribution is -0.161. The molecule has 2 unspecified atom stereocenters. The van der Waals surface area contributed by atoms with Crippen molar-refractivity contribution in [3.8, 4) is 0 Å². The molecule has 0 rings (SSSR count). The summed E-state index contributed by atoms with van der Waals surface area (Å²) in [5.41, 5.74) is 0. The first kappa shape index (κ1) is 55.7. The van der Waals surface area contributed by atoms with E-state index >= 15 is 0 Å². The zero-order valence-electron chi connectivity index (χ0n) is 37.1. The number of allylic oxidation sites excluding steroid dienone is 18. The second-order valence-electron chi connectivity index (χ2n) is 14.5. The predicted molar refractivity (Wildman–Crippen MR) is 247 cm³/mol. The van der Waals surface area contributed by atoms with Gasteiger partial charge in [-0.05, 0) is 110 Å². The molecule has 0 spiro atoms. The van der Waals surface area contributed by atoms with Gasteiger partial charge in [-0.25, -0.2) is 4.57 Å². The Morgan fingerprint density at radius 3 is 1.46 bits per heavy atom. The minimum atomic E-state index is -4.39. The number of nitrogens with zero attached hydrogens (tertiary/aromatic N) is 1. The van der Waals surface area contributed by atoms with Crippen molar-refractivity contribution >= 4 is 19.8 Å².